The first-order valence-electron chi connectivity index (χ1n) is 3.58. The molecule has 0 atom stereocenters. The highest BCUT2D eigenvalue weighted by molar-refractivity contribution is 5.97. The molecule has 0 amide bonds. The molecule has 1 heteroatoms. The molecule has 0 aliphatic heterocycles. The number of carbonyl (C=O) groups excluding carboxylic acids is 1. The van der Waals surface area contributed by atoms with Gasteiger partial charge in [0, 0.05) is 12.0 Å². The summed E-state index contributed by atoms with van der Waals surface area (Å²) in [5.74, 6) is 0.160. The zero-order chi connectivity index (χ0) is 9.28. The average Bonchev–Trinajstić information content (AvgIpc) is 2.10. The van der Waals surface area contributed by atoms with Crippen LogP contribution in [-0.4, -0.2) is 5.78 Å². The molecular weight excluding hydrogens is 136 g/mol. The molecule has 0 heterocycles. The van der Waals surface area contributed by atoms with Crippen LogP contribution in [0.15, 0.2) is 37.5 Å². The molecule has 0 spiro atoms. The zero-order valence-corrected chi connectivity index (χ0v) is 7.39. The van der Waals surface area contributed by atoms with Crippen LogP contribution >= 0.6 is 0 Å². The quantitative estimate of drug-likeness (QED) is 0.345. The van der Waals surface area contributed by atoms with Crippen molar-refractivity contribution in [3.8, 4) is 0 Å². The molecular formula is C10H16O. The van der Waals surface area contributed by atoms with Gasteiger partial charge in [0.15, 0.2) is 5.78 Å². The van der Waals surface area contributed by atoms with Gasteiger partial charge >= 0.3 is 0 Å². The normalized spacial score (nSPS) is 9.45. The van der Waals surface area contributed by atoms with Gasteiger partial charge in [-0.25, -0.2) is 0 Å². The van der Waals surface area contributed by atoms with E-state index in [1.165, 1.54) is 0 Å². The second kappa shape index (κ2) is 8.89. The Morgan fingerprint density at radius 3 is 2.00 bits per heavy atom. The van der Waals surface area contributed by atoms with Crippen LogP contribution in [-0.2, 0) is 4.79 Å². The molecule has 1 nitrogen and oxygen atoms in total. The molecule has 0 saturated carbocycles. The van der Waals surface area contributed by atoms with E-state index < -0.39 is 0 Å². The fourth-order valence-electron chi connectivity index (χ4n) is 0.597. The number of carbonyl (C=O) groups is 1. The number of hydrogen-bond donors (Lipinski definition) is 0. The maximum Gasteiger partial charge on any atom is 0.162 e. The highest BCUT2D eigenvalue weighted by Crippen LogP contribution is 1.99. The lowest BCUT2D eigenvalue weighted by Gasteiger charge is -1.93. The van der Waals surface area contributed by atoms with E-state index in [0.717, 1.165) is 5.57 Å². The van der Waals surface area contributed by atoms with Gasteiger partial charge in [-0.1, -0.05) is 25.7 Å². The molecule has 0 aliphatic rings. The van der Waals surface area contributed by atoms with Gasteiger partial charge in [-0.15, -0.1) is 13.2 Å². The average molecular weight is 152 g/mol. The summed E-state index contributed by atoms with van der Waals surface area (Å²) in [6.07, 6.45) is 3.93. The second-order valence-electron chi connectivity index (χ2n) is 1.72. The van der Waals surface area contributed by atoms with Crippen molar-refractivity contribution >= 4 is 5.78 Å². The molecule has 62 valence electrons. The Kier molecular flexibility index (Phi) is 10.1. The Bertz CT molecular complexity index is 154. The van der Waals surface area contributed by atoms with Crippen LogP contribution in [0.3, 0.4) is 0 Å². The summed E-state index contributed by atoms with van der Waals surface area (Å²) in [4.78, 5) is 10.8. The number of ketones is 1. The van der Waals surface area contributed by atoms with Gasteiger partial charge in [0.25, 0.3) is 0 Å². The highest BCUT2D eigenvalue weighted by Gasteiger charge is 1.98. The van der Waals surface area contributed by atoms with Gasteiger partial charge in [-0.05, 0) is 6.92 Å². The Labute approximate surface area is 69.1 Å². The smallest absolute Gasteiger partial charge is 0.162 e. The van der Waals surface area contributed by atoms with Gasteiger partial charge in [0.05, 0.1) is 0 Å². The summed E-state index contributed by atoms with van der Waals surface area (Å²) < 4.78 is 0. The lowest BCUT2D eigenvalue weighted by molar-refractivity contribution is -0.114. The van der Waals surface area contributed by atoms with Gasteiger partial charge in [-0.2, -0.15) is 0 Å². The molecule has 0 aromatic heterocycles. The van der Waals surface area contributed by atoms with Crippen LogP contribution in [0, 0.1) is 0 Å². The predicted octanol–water partition coefficient (Wildman–Crippen LogP) is 2.90. The predicted molar refractivity (Wildman–Crippen MR) is 50.5 cm³/mol. The maximum atomic E-state index is 10.8. The minimum atomic E-state index is 0.160. The summed E-state index contributed by atoms with van der Waals surface area (Å²) in [5, 5.41) is 0. The summed E-state index contributed by atoms with van der Waals surface area (Å²) in [6.45, 7) is 13.2. The molecule has 0 radical (unpaired) electrons. The third kappa shape index (κ3) is 5.34. The van der Waals surface area contributed by atoms with Crippen LogP contribution in [0.4, 0.5) is 0 Å². The molecule has 0 N–H and O–H groups in total. The van der Waals surface area contributed by atoms with Crippen LogP contribution in [0.25, 0.3) is 0 Å². The Morgan fingerprint density at radius 1 is 1.45 bits per heavy atom. The largest absolute Gasteiger partial charge is 0.294 e. The van der Waals surface area contributed by atoms with Crippen molar-refractivity contribution in [2.75, 3.05) is 0 Å². The third-order valence-electron chi connectivity index (χ3n) is 1.17. The van der Waals surface area contributed by atoms with Crippen molar-refractivity contribution in [2.45, 2.75) is 20.3 Å². The fourth-order valence-corrected chi connectivity index (χ4v) is 0.597. The molecule has 0 fully saturated rings. The highest BCUT2D eigenvalue weighted by atomic mass is 16.1. The molecule has 0 bridgehead atoms. The van der Waals surface area contributed by atoms with Crippen molar-refractivity contribution in [1.82, 2.24) is 0 Å². The van der Waals surface area contributed by atoms with Crippen molar-refractivity contribution in [3.63, 3.8) is 0 Å². The van der Waals surface area contributed by atoms with Crippen LogP contribution in [0.2, 0.25) is 0 Å². The van der Waals surface area contributed by atoms with Gasteiger partial charge in [0.2, 0.25) is 0 Å². The topological polar surface area (TPSA) is 17.1 Å². The first-order chi connectivity index (χ1) is 5.26. The standard InChI is InChI=1S/C8H12O.C2H4/c1-4-7(5-2)8(9)6-3;1-2/h4-5H,1,6H2,2-3H3;1-2H2/b7-5+;. The lowest BCUT2D eigenvalue weighted by Crippen LogP contribution is -1.96. The minimum absolute atomic E-state index is 0.160. The molecule has 0 aliphatic carbocycles. The molecule has 0 aromatic rings. The van der Waals surface area contributed by atoms with E-state index in [4.69, 9.17) is 0 Å². The Morgan fingerprint density at radius 2 is 1.91 bits per heavy atom. The van der Waals surface area contributed by atoms with E-state index >= 15 is 0 Å². The summed E-state index contributed by atoms with van der Waals surface area (Å²) in [6, 6.07) is 0. The van der Waals surface area contributed by atoms with Crippen molar-refractivity contribution < 1.29 is 4.79 Å². The second-order valence-corrected chi connectivity index (χ2v) is 1.72. The van der Waals surface area contributed by atoms with Crippen molar-refractivity contribution in [2.24, 2.45) is 0 Å². The van der Waals surface area contributed by atoms with E-state index in [1.807, 2.05) is 13.8 Å². The van der Waals surface area contributed by atoms with E-state index in [0.29, 0.717) is 6.42 Å². The minimum Gasteiger partial charge on any atom is -0.294 e. The van der Waals surface area contributed by atoms with Crippen molar-refractivity contribution in [3.05, 3.63) is 37.5 Å². The van der Waals surface area contributed by atoms with Crippen LogP contribution < -0.4 is 0 Å². The molecule has 0 saturated heterocycles. The Balaban J connectivity index is 0. The Hall–Kier alpha value is -1.11. The maximum absolute atomic E-state index is 10.8. The summed E-state index contributed by atoms with van der Waals surface area (Å²) in [5.41, 5.74) is 0.720. The zero-order valence-electron chi connectivity index (χ0n) is 7.39. The summed E-state index contributed by atoms with van der Waals surface area (Å²) in [7, 11) is 0. The summed E-state index contributed by atoms with van der Waals surface area (Å²) >= 11 is 0. The first-order valence-corrected chi connectivity index (χ1v) is 3.58. The fraction of sp³-hybridized carbons (Fsp3) is 0.300. The number of allylic oxidation sites excluding steroid dienone is 3. The van der Waals surface area contributed by atoms with E-state index in [-0.39, 0.29) is 5.78 Å². The monoisotopic (exact) mass is 152 g/mol. The van der Waals surface area contributed by atoms with E-state index in [2.05, 4.69) is 19.7 Å². The molecule has 0 unspecified atom stereocenters. The van der Waals surface area contributed by atoms with Gasteiger partial charge < -0.3 is 0 Å². The third-order valence-corrected chi connectivity index (χ3v) is 1.17. The van der Waals surface area contributed by atoms with E-state index in [1.54, 1.807) is 12.2 Å². The number of hydrogen-bond acceptors (Lipinski definition) is 1. The van der Waals surface area contributed by atoms with Crippen molar-refractivity contribution in [1.29, 1.82) is 0 Å². The SMILES string of the molecule is C=C.C=C/C(=C\C)C(=O)CC. The molecule has 0 aromatic carbocycles. The van der Waals surface area contributed by atoms with Crippen LogP contribution in [0.1, 0.15) is 20.3 Å². The lowest BCUT2D eigenvalue weighted by atomic mass is 10.1. The van der Waals surface area contributed by atoms with E-state index in [9.17, 15) is 4.79 Å². The molecule has 11 heavy (non-hydrogen) atoms. The van der Waals surface area contributed by atoms with Crippen LogP contribution in [0.5, 0.6) is 0 Å². The van der Waals surface area contributed by atoms with Gasteiger partial charge in [0.1, 0.15) is 0 Å². The number of Topliss-reactive ketones (excluding diaryl/α,β-unsaturated/α-hetero) is 1. The molecule has 0 rings (SSSR count). The number of rotatable bonds is 3. The van der Waals surface area contributed by atoms with Gasteiger partial charge in [-0.3, -0.25) is 4.79 Å². The first kappa shape index (κ1) is 12.6.